The zero-order valence-electron chi connectivity index (χ0n) is 9.19. The van der Waals surface area contributed by atoms with E-state index in [2.05, 4.69) is 19.6 Å². The minimum absolute atomic E-state index is 0.135. The summed E-state index contributed by atoms with van der Waals surface area (Å²) in [7, 11) is -1.62. The first-order valence-electron chi connectivity index (χ1n) is 4.76. The molecule has 1 rings (SSSR count). The molecule has 0 N–H and O–H groups in total. The minimum atomic E-state index is -1.62. The molecule has 0 amide bonds. The van der Waals surface area contributed by atoms with E-state index in [4.69, 9.17) is 4.43 Å². The summed E-state index contributed by atoms with van der Waals surface area (Å²) in [5, 5.41) is 10.7. The van der Waals surface area contributed by atoms with Crippen molar-refractivity contribution in [1.82, 2.24) is 0 Å². The molecule has 0 aliphatic heterocycles. The topological polar surface area (TPSA) is 52.4 Å². The largest absolute Gasteiger partial charge is 0.413 e. The maximum absolute atomic E-state index is 10.7. The highest BCUT2D eigenvalue weighted by Gasteiger charge is 2.18. The molecule has 0 aliphatic carbocycles. The van der Waals surface area contributed by atoms with E-state index in [1.165, 1.54) is 6.07 Å². The molecular formula is C10H15NO3Si. The fourth-order valence-corrected chi connectivity index (χ4v) is 1.69. The van der Waals surface area contributed by atoms with Crippen molar-refractivity contribution in [2.24, 2.45) is 0 Å². The van der Waals surface area contributed by atoms with E-state index < -0.39 is 8.32 Å². The number of benzene rings is 1. The van der Waals surface area contributed by atoms with Gasteiger partial charge < -0.3 is 4.43 Å². The summed E-state index contributed by atoms with van der Waals surface area (Å²) in [6, 6.07) is 6.69. The number of rotatable bonds is 4. The molecule has 0 atom stereocenters. The smallest absolute Gasteiger partial charge is 0.274 e. The van der Waals surface area contributed by atoms with Crippen LogP contribution in [-0.2, 0) is 11.0 Å². The van der Waals surface area contributed by atoms with E-state index in [1.807, 2.05) is 0 Å². The van der Waals surface area contributed by atoms with Crippen LogP contribution in [0.5, 0.6) is 0 Å². The van der Waals surface area contributed by atoms with Gasteiger partial charge in [-0.25, -0.2) is 0 Å². The molecule has 0 unspecified atom stereocenters. The van der Waals surface area contributed by atoms with Crippen molar-refractivity contribution in [3.8, 4) is 0 Å². The summed E-state index contributed by atoms with van der Waals surface area (Å²) < 4.78 is 5.64. The summed E-state index contributed by atoms with van der Waals surface area (Å²) in [5.41, 5.74) is 0.778. The fourth-order valence-electron chi connectivity index (χ4n) is 1.11. The zero-order chi connectivity index (χ0) is 11.5. The molecular weight excluding hydrogens is 210 g/mol. The van der Waals surface area contributed by atoms with Gasteiger partial charge in [0, 0.05) is 6.07 Å². The van der Waals surface area contributed by atoms with Gasteiger partial charge in [-0.2, -0.15) is 0 Å². The summed E-state index contributed by atoms with van der Waals surface area (Å²) in [6.45, 7) is 6.50. The van der Waals surface area contributed by atoms with Crippen LogP contribution in [0.25, 0.3) is 0 Å². The van der Waals surface area contributed by atoms with Crippen LogP contribution in [0.4, 0.5) is 5.69 Å². The van der Waals surface area contributed by atoms with Crippen LogP contribution in [0.3, 0.4) is 0 Å². The van der Waals surface area contributed by atoms with Crippen molar-refractivity contribution in [3.63, 3.8) is 0 Å². The van der Waals surface area contributed by atoms with E-state index in [0.717, 1.165) is 0 Å². The summed E-state index contributed by atoms with van der Waals surface area (Å²) in [6.07, 6.45) is 0. The van der Waals surface area contributed by atoms with E-state index in [1.54, 1.807) is 18.2 Å². The SMILES string of the molecule is C[Si](C)(C)OCc1ccccc1[N+](=O)[O-]. The quantitative estimate of drug-likeness (QED) is 0.449. The normalized spacial score (nSPS) is 11.4. The standard InChI is InChI=1S/C10H15NO3Si/c1-15(2,3)14-8-9-6-4-5-7-10(9)11(12)13/h4-7H,8H2,1-3H3. The third kappa shape index (κ3) is 3.81. The Hall–Kier alpha value is -1.20. The molecule has 0 radical (unpaired) electrons. The lowest BCUT2D eigenvalue weighted by Crippen LogP contribution is -2.25. The zero-order valence-corrected chi connectivity index (χ0v) is 10.2. The average molecular weight is 225 g/mol. The molecule has 82 valence electrons. The first-order chi connectivity index (χ1) is 6.90. The Morgan fingerprint density at radius 1 is 1.33 bits per heavy atom. The molecule has 4 nitrogen and oxygen atoms in total. The molecule has 0 saturated heterocycles. The van der Waals surface area contributed by atoms with Crippen molar-refractivity contribution >= 4 is 14.0 Å². The molecule has 0 bridgehead atoms. The summed E-state index contributed by atoms with van der Waals surface area (Å²) in [4.78, 5) is 10.3. The van der Waals surface area contributed by atoms with Gasteiger partial charge in [0.25, 0.3) is 5.69 Å². The van der Waals surface area contributed by atoms with E-state index in [9.17, 15) is 10.1 Å². The molecule has 1 aromatic rings. The molecule has 15 heavy (non-hydrogen) atoms. The lowest BCUT2D eigenvalue weighted by atomic mass is 10.2. The van der Waals surface area contributed by atoms with Crippen molar-refractivity contribution in [1.29, 1.82) is 0 Å². The van der Waals surface area contributed by atoms with Gasteiger partial charge in [0.15, 0.2) is 8.32 Å². The highest BCUT2D eigenvalue weighted by Crippen LogP contribution is 2.19. The molecule has 0 aliphatic rings. The molecule has 0 aromatic heterocycles. The predicted molar refractivity (Wildman–Crippen MR) is 61.2 cm³/mol. The van der Waals surface area contributed by atoms with Crippen molar-refractivity contribution < 1.29 is 9.35 Å². The second kappa shape index (κ2) is 4.54. The first kappa shape index (κ1) is 11.9. The van der Waals surface area contributed by atoms with Gasteiger partial charge in [-0.15, -0.1) is 0 Å². The Morgan fingerprint density at radius 3 is 2.47 bits per heavy atom. The van der Waals surface area contributed by atoms with Crippen LogP contribution in [0.1, 0.15) is 5.56 Å². The Kier molecular flexibility index (Phi) is 3.60. The lowest BCUT2D eigenvalue weighted by Gasteiger charge is -2.16. The summed E-state index contributed by atoms with van der Waals surface area (Å²) in [5.74, 6) is 0. The highest BCUT2D eigenvalue weighted by atomic mass is 28.4. The van der Waals surface area contributed by atoms with Crippen LogP contribution >= 0.6 is 0 Å². The van der Waals surface area contributed by atoms with E-state index >= 15 is 0 Å². The minimum Gasteiger partial charge on any atom is -0.413 e. The fraction of sp³-hybridized carbons (Fsp3) is 0.400. The van der Waals surface area contributed by atoms with E-state index in [-0.39, 0.29) is 10.6 Å². The van der Waals surface area contributed by atoms with Gasteiger partial charge in [-0.1, -0.05) is 12.1 Å². The van der Waals surface area contributed by atoms with Gasteiger partial charge in [0.2, 0.25) is 0 Å². The van der Waals surface area contributed by atoms with Crippen LogP contribution in [0, 0.1) is 10.1 Å². The second-order valence-corrected chi connectivity index (χ2v) is 8.80. The number of nitro benzene ring substituents is 1. The number of hydrogen-bond donors (Lipinski definition) is 0. The van der Waals surface area contributed by atoms with Gasteiger partial charge in [-0.05, 0) is 25.7 Å². The maximum Gasteiger partial charge on any atom is 0.274 e. The Bertz CT molecular complexity index is 360. The number of hydrogen-bond acceptors (Lipinski definition) is 3. The molecule has 0 fully saturated rings. The molecule has 1 aromatic carbocycles. The maximum atomic E-state index is 10.7. The Labute approximate surface area is 90.2 Å². The Morgan fingerprint density at radius 2 is 1.93 bits per heavy atom. The molecule has 0 saturated carbocycles. The van der Waals surface area contributed by atoms with Gasteiger partial charge >= 0.3 is 0 Å². The van der Waals surface area contributed by atoms with Crippen molar-refractivity contribution in [2.45, 2.75) is 26.2 Å². The van der Waals surface area contributed by atoms with Crippen LogP contribution < -0.4 is 0 Å². The molecule has 5 heteroatoms. The van der Waals surface area contributed by atoms with Gasteiger partial charge in [0.1, 0.15) is 0 Å². The van der Waals surface area contributed by atoms with Crippen molar-refractivity contribution in [2.75, 3.05) is 0 Å². The number of para-hydroxylation sites is 1. The summed E-state index contributed by atoms with van der Waals surface area (Å²) >= 11 is 0. The second-order valence-electron chi connectivity index (χ2n) is 4.29. The predicted octanol–water partition coefficient (Wildman–Crippen LogP) is 2.95. The number of nitrogens with zero attached hydrogens (tertiary/aromatic N) is 1. The third-order valence-electron chi connectivity index (χ3n) is 1.85. The monoisotopic (exact) mass is 225 g/mol. The van der Waals surface area contributed by atoms with Crippen LogP contribution in [0.2, 0.25) is 19.6 Å². The van der Waals surface area contributed by atoms with Gasteiger partial charge in [-0.3, -0.25) is 10.1 Å². The van der Waals surface area contributed by atoms with Crippen molar-refractivity contribution in [3.05, 3.63) is 39.9 Å². The van der Waals surface area contributed by atoms with Crippen LogP contribution in [-0.4, -0.2) is 13.2 Å². The molecule has 0 heterocycles. The first-order valence-corrected chi connectivity index (χ1v) is 8.17. The Balaban J connectivity index is 2.81. The highest BCUT2D eigenvalue weighted by molar-refractivity contribution is 6.69. The number of nitro groups is 1. The third-order valence-corrected chi connectivity index (χ3v) is 2.86. The lowest BCUT2D eigenvalue weighted by molar-refractivity contribution is -0.385. The van der Waals surface area contributed by atoms with Crippen LogP contribution in [0.15, 0.2) is 24.3 Å². The average Bonchev–Trinajstić information content (AvgIpc) is 2.14. The van der Waals surface area contributed by atoms with E-state index in [0.29, 0.717) is 12.2 Å². The van der Waals surface area contributed by atoms with Gasteiger partial charge in [0.05, 0.1) is 17.1 Å². The molecule has 0 spiro atoms.